The van der Waals surface area contributed by atoms with Crippen molar-refractivity contribution >= 4 is 5.91 Å². The van der Waals surface area contributed by atoms with Gasteiger partial charge in [0.2, 0.25) is 5.91 Å². The Balaban J connectivity index is 3.76. The van der Waals surface area contributed by atoms with E-state index < -0.39 is 31.7 Å². The zero-order chi connectivity index (χ0) is 31.9. The normalized spacial score (nSPS) is 17.3. The van der Waals surface area contributed by atoms with E-state index in [2.05, 4.69) is 12.2 Å². The first-order valence-corrected chi connectivity index (χ1v) is 14.9. The van der Waals surface area contributed by atoms with Gasteiger partial charge in [0.1, 0.15) is 0 Å². The van der Waals surface area contributed by atoms with Crippen molar-refractivity contribution < 1.29 is 24.6 Å². The van der Waals surface area contributed by atoms with Gasteiger partial charge in [-0.3, -0.25) is 4.79 Å². The van der Waals surface area contributed by atoms with E-state index in [0.29, 0.717) is 19.3 Å². The summed E-state index contributed by atoms with van der Waals surface area (Å²) in [7, 11) is 0. The van der Waals surface area contributed by atoms with Crippen LogP contribution in [0.2, 0.25) is 0 Å². The van der Waals surface area contributed by atoms with Crippen LogP contribution in [0, 0.1) is 0 Å². The van der Waals surface area contributed by atoms with E-state index in [1.165, 1.54) is 44.9 Å². The van der Waals surface area contributed by atoms with E-state index in [9.17, 15) is 15.0 Å². The summed E-state index contributed by atoms with van der Waals surface area (Å²) in [6, 6.07) is -0.608. The molecule has 0 aromatic rings. The maximum Gasteiger partial charge on any atom is 0.220 e. The maximum atomic E-state index is 12.2. The molecule has 4 nitrogen and oxygen atoms in total. The fraction of sp³-hybridized carbons (Fsp3) is 0.968. The standard InChI is InChI=1S/C31H63NO3/c1-3-5-7-9-11-13-15-16-17-18-20-22-24-26-30(34)29(28-33)32-31(35)27-25-23-21-19-14-12-10-8-6-4-2/h29-30,33-34H,3-28H2,1-2H3,(H,32,35)/t29-,30+/m0/s1/i1D3,3D2,5D2. The smallest absolute Gasteiger partial charge is 0.220 e. The van der Waals surface area contributed by atoms with E-state index in [1.54, 1.807) is 0 Å². The van der Waals surface area contributed by atoms with Gasteiger partial charge in [0.15, 0.2) is 0 Å². The van der Waals surface area contributed by atoms with Crippen LogP contribution in [-0.2, 0) is 4.79 Å². The summed E-state index contributed by atoms with van der Waals surface area (Å²) in [4.78, 5) is 12.2. The highest BCUT2D eigenvalue weighted by atomic mass is 16.3. The SMILES string of the molecule is [2H]C([2H])([2H])C([2H])([2H])C([2H])([2H])CCCCCCCCCCCC[C@@H](O)[C@H](CO)NC(=O)CCCCCCCCCCCC. The second-order valence-corrected chi connectivity index (χ2v) is 10.2. The molecule has 0 aromatic heterocycles. The fourth-order valence-electron chi connectivity index (χ4n) is 4.56. The third kappa shape index (κ3) is 24.8. The molecule has 0 aliphatic rings. The lowest BCUT2D eigenvalue weighted by molar-refractivity contribution is -0.123. The summed E-state index contributed by atoms with van der Waals surface area (Å²) in [5.41, 5.74) is 0. The van der Waals surface area contributed by atoms with Crippen LogP contribution in [0.25, 0.3) is 0 Å². The first-order valence-electron chi connectivity index (χ1n) is 18.4. The molecule has 1 amide bonds. The molecule has 0 saturated heterocycles. The van der Waals surface area contributed by atoms with Crippen molar-refractivity contribution in [2.45, 2.75) is 186 Å². The van der Waals surface area contributed by atoms with E-state index in [1.807, 2.05) is 0 Å². The Morgan fingerprint density at radius 3 is 1.69 bits per heavy atom. The minimum atomic E-state index is -2.98. The number of rotatable bonds is 28. The summed E-state index contributed by atoms with van der Waals surface area (Å²) in [5.74, 6) is -0.0946. The van der Waals surface area contributed by atoms with E-state index >= 15 is 0 Å². The number of nitrogens with one attached hydrogen (secondary N) is 1. The number of aliphatic hydroxyl groups is 2. The lowest BCUT2D eigenvalue weighted by atomic mass is 10.0. The minimum Gasteiger partial charge on any atom is -0.394 e. The minimum absolute atomic E-state index is 0.0928. The monoisotopic (exact) mass is 505 g/mol. The topological polar surface area (TPSA) is 69.6 Å². The van der Waals surface area contributed by atoms with E-state index in [0.717, 1.165) is 77.0 Å². The molecule has 0 aliphatic heterocycles. The van der Waals surface area contributed by atoms with Crippen LogP contribution in [-0.4, -0.2) is 34.9 Å². The molecular formula is C31H63NO3. The number of hydrogen-bond donors (Lipinski definition) is 3. The van der Waals surface area contributed by atoms with Crippen LogP contribution in [0.3, 0.4) is 0 Å². The van der Waals surface area contributed by atoms with Crippen molar-refractivity contribution in [1.29, 1.82) is 0 Å². The Hall–Kier alpha value is -0.610. The molecule has 0 aromatic carbocycles. The van der Waals surface area contributed by atoms with Gasteiger partial charge in [0, 0.05) is 16.0 Å². The molecule has 210 valence electrons. The molecule has 0 heterocycles. The number of aliphatic hydroxyl groups excluding tert-OH is 2. The predicted molar refractivity (Wildman–Crippen MR) is 152 cm³/mol. The first kappa shape index (κ1) is 23.5. The number of unbranched alkanes of at least 4 members (excludes halogenated alkanes) is 18. The van der Waals surface area contributed by atoms with Crippen LogP contribution in [0.4, 0.5) is 0 Å². The first-order chi connectivity index (χ1) is 19.8. The Bertz CT molecular complexity index is 663. The molecule has 0 bridgehead atoms. The van der Waals surface area contributed by atoms with Gasteiger partial charge < -0.3 is 15.5 Å². The van der Waals surface area contributed by atoms with Gasteiger partial charge in [-0.2, -0.15) is 0 Å². The molecular weight excluding hydrogens is 434 g/mol. The Morgan fingerprint density at radius 1 is 0.743 bits per heavy atom. The van der Waals surface area contributed by atoms with Gasteiger partial charge >= 0.3 is 0 Å². The predicted octanol–water partition coefficient (Wildman–Crippen LogP) is 8.62. The zero-order valence-electron chi connectivity index (χ0n) is 29.9. The average molecular weight is 505 g/mol. The molecule has 0 fully saturated rings. The molecule has 4 heteroatoms. The molecule has 0 aliphatic carbocycles. The number of carbonyl (C=O) groups excluding carboxylic acids is 1. The summed E-state index contributed by atoms with van der Waals surface area (Å²) in [5, 5.41) is 22.9. The maximum absolute atomic E-state index is 12.2. The number of carbonyl (C=O) groups is 1. The van der Waals surface area contributed by atoms with Crippen LogP contribution in [0.1, 0.15) is 184 Å². The molecule has 0 radical (unpaired) electrons. The van der Waals surface area contributed by atoms with Gasteiger partial charge in [-0.25, -0.2) is 0 Å². The molecule has 0 spiro atoms. The number of amides is 1. The lowest BCUT2D eigenvalue weighted by Gasteiger charge is -2.22. The van der Waals surface area contributed by atoms with Crippen molar-refractivity contribution in [1.82, 2.24) is 5.32 Å². The average Bonchev–Trinajstić information content (AvgIpc) is 2.92. The van der Waals surface area contributed by atoms with Crippen LogP contribution in [0.5, 0.6) is 0 Å². The van der Waals surface area contributed by atoms with Crippen molar-refractivity contribution in [3.8, 4) is 0 Å². The third-order valence-electron chi connectivity index (χ3n) is 6.90. The van der Waals surface area contributed by atoms with E-state index in [4.69, 9.17) is 9.60 Å². The fourth-order valence-corrected chi connectivity index (χ4v) is 4.56. The summed E-state index contributed by atoms with van der Waals surface area (Å²) in [6.07, 6.45) is 16.4. The van der Waals surface area contributed by atoms with Gasteiger partial charge in [-0.1, -0.05) is 155 Å². The van der Waals surface area contributed by atoms with Crippen molar-refractivity contribution in [2.24, 2.45) is 0 Å². The summed E-state index contributed by atoms with van der Waals surface area (Å²) >= 11 is 0. The van der Waals surface area contributed by atoms with Crippen molar-refractivity contribution in [2.75, 3.05) is 6.61 Å². The van der Waals surface area contributed by atoms with E-state index in [-0.39, 0.29) is 18.9 Å². The zero-order valence-corrected chi connectivity index (χ0v) is 22.9. The Kier molecular flexibility index (Phi) is 18.8. The second-order valence-electron chi connectivity index (χ2n) is 10.2. The quantitative estimate of drug-likeness (QED) is 0.0934. The molecule has 2 atom stereocenters. The highest BCUT2D eigenvalue weighted by Gasteiger charge is 2.19. The summed E-state index contributed by atoms with van der Waals surface area (Å²) in [6.45, 7) is -1.01. The van der Waals surface area contributed by atoms with Gasteiger partial charge in [-0.15, -0.1) is 0 Å². The number of hydrogen-bond acceptors (Lipinski definition) is 3. The molecule has 0 rings (SSSR count). The van der Waals surface area contributed by atoms with Gasteiger partial charge in [0.05, 0.1) is 18.8 Å². The summed E-state index contributed by atoms with van der Waals surface area (Å²) < 4.78 is 52.8. The Morgan fingerprint density at radius 2 is 1.20 bits per heavy atom. The highest BCUT2D eigenvalue weighted by Crippen LogP contribution is 2.15. The van der Waals surface area contributed by atoms with Crippen LogP contribution >= 0.6 is 0 Å². The van der Waals surface area contributed by atoms with Crippen molar-refractivity contribution in [3.05, 3.63) is 0 Å². The van der Waals surface area contributed by atoms with Crippen LogP contribution in [0.15, 0.2) is 0 Å². The van der Waals surface area contributed by atoms with Crippen molar-refractivity contribution in [3.63, 3.8) is 0 Å². The van der Waals surface area contributed by atoms with Gasteiger partial charge in [0.25, 0.3) is 0 Å². The highest BCUT2D eigenvalue weighted by molar-refractivity contribution is 5.76. The Labute approximate surface area is 229 Å². The second kappa shape index (κ2) is 28.0. The lowest BCUT2D eigenvalue weighted by Crippen LogP contribution is -2.45. The van der Waals surface area contributed by atoms with Gasteiger partial charge in [-0.05, 0) is 12.8 Å². The molecule has 0 unspecified atom stereocenters. The third-order valence-corrected chi connectivity index (χ3v) is 6.90. The molecule has 0 saturated carbocycles. The van der Waals surface area contributed by atoms with Crippen LogP contribution < -0.4 is 5.32 Å². The largest absolute Gasteiger partial charge is 0.394 e. The molecule has 35 heavy (non-hydrogen) atoms. The molecule has 3 N–H and O–H groups in total.